The Morgan fingerprint density at radius 2 is 1.90 bits per heavy atom. The molecule has 0 aliphatic carbocycles. The molecule has 2 bridgehead atoms. The first-order valence-electron chi connectivity index (χ1n) is 14.0. The summed E-state index contributed by atoms with van der Waals surface area (Å²) in [5, 5.41) is 16.8. The van der Waals surface area contributed by atoms with Crippen molar-refractivity contribution in [3.63, 3.8) is 0 Å². The number of aryl methyl sites for hydroxylation is 2. The third-order valence-electron chi connectivity index (χ3n) is 8.85. The number of hydrogen-bond donors (Lipinski definition) is 3. The fraction of sp³-hybridized carbons (Fsp3) is 0.516. The van der Waals surface area contributed by atoms with Crippen LogP contribution in [0.3, 0.4) is 0 Å². The maximum Gasteiger partial charge on any atom is 0.248 e. The highest BCUT2D eigenvalue weighted by Gasteiger charge is 2.76. The topological polar surface area (TPSA) is 98.7 Å². The number of thioether (sulfide) groups is 1. The van der Waals surface area contributed by atoms with Crippen molar-refractivity contribution < 1.29 is 19.5 Å². The van der Waals surface area contributed by atoms with Crippen molar-refractivity contribution in [2.45, 2.75) is 69.0 Å². The van der Waals surface area contributed by atoms with Crippen LogP contribution in [0.15, 0.2) is 48.5 Å². The van der Waals surface area contributed by atoms with Crippen molar-refractivity contribution in [1.82, 2.24) is 10.2 Å². The SMILES string of the molecule is CCCNC(=O)[C@@H]1[C@H]2C(=O)N([C@@H](CO)Cc3ccccc3)C(C(=O)Nc3cc(C)ccc3C)C23S[C@@H]1CC3C. The molecule has 3 aliphatic heterocycles. The number of aliphatic hydroxyl groups is 1. The molecule has 7 atom stereocenters. The lowest BCUT2D eigenvalue weighted by Gasteiger charge is -2.40. The number of rotatable bonds is 9. The molecule has 5 rings (SSSR count). The second kappa shape index (κ2) is 11.0. The molecular formula is C31H39N3O4S. The van der Waals surface area contributed by atoms with E-state index in [-0.39, 0.29) is 35.5 Å². The lowest BCUT2D eigenvalue weighted by molar-refractivity contribution is -0.142. The van der Waals surface area contributed by atoms with Crippen LogP contribution in [0.2, 0.25) is 0 Å². The van der Waals surface area contributed by atoms with Gasteiger partial charge in [-0.25, -0.2) is 0 Å². The van der Waals surface area contributed by atoms with Crippen LogP contribution in [0.25, 0.3) is 0 Å². The summed E-state index contributed by atoms with van der Waals surface area (Å²) in [6.07, 6.45) is 2.02. The Labute approximate surface area is 235 Å². The zero-order valence-electron chi connectivity index (χ0n) is 23.1. The van der Waals surface area contributed by atoms with Crippen molar-refractivity contribution in [2.24, 2.45) is 17.8 Å². The Morgan fingerprint density at radius 3 is 2.59 bits per heavy atom. The molecule has 2 aromatic rings. The second-order valence-electron chi connectivity index (χ2n) is 11.4. The van der Waals surface area contributed by atoms with Crippen molar-refractivity contribution in [3.05, 3.63) is 65.2 Å². The van der Waals surface area contributed by atoms with Crippen LogP contribution >= 0.6 is 11.8 Å². The molecule has 39 heavy (non-hydrogen) atoms. The fourth-order valence-corrected chi connectivity index (χ4v) is 9.44. The minimum Gasteiger partial charge on any atom is -0.394 e. The smallest absolute Gasteiger partial charge is 0.248 e. The van der Waals surface area contributed by atoms with E-state index >= 15 is 0 Å². The van der Waals surface area contributed by atoms with Crippen molar-refractivity contribution in [1.29, 1.82) is 0 Å². The van der Waals surface area contributed by atoms with Crippen molar-refractivity contribution >= 4 is 35.2 Å². The zero-order valence-corrected chi connectivity index (χ0v) is 24.0. The molecule has 3 heterocycles. The molecule has 2 aromatic carbocycles. The average molecular weight is 550 g/mol. The van der Waals surface area contributed by atoms with Crippen LogP contribution in [-0.2, 0) is 20.8 Å². The number of carbonyl (C=O) groups is 3. The summed E-state index contributed by atoms with van der Waals surface area (Å²) in [6.45, 7) is 8.33. The zero-order chi connectivity index (χ0) is 27.9. The van der Waals surface area contributed by atoms with Gasteiger partial charge in [0, 0.05) is 17.5 Å². The molecular weight excluding hydrogens is 510 g/mol. The molecule has 0 aromatic heterocycles. The van der Waals surface area contributed by atoms with Gasteiger partial charge in [-0.2, -0.15) is 0 Å². The summed E-state index contributed by atoms with van der Waals surface area (Å²) in [5.74, 6) is -1.56. The van der Waals surface area contributed by atoms with E-state index < -0.39 is 28.7 Å². The molecule has 3 unspecified atom stereocenters. The Bertz CT molecular complexity index is 1250. The number of amides is 3. The Morgan fingerprint density at radius 1 is 1.15 bits per heavy atom. The fourth-order valence-electron chi connectivity index (χ4n) is 7.03. The predicted octanol–water partition coefficient (Wildman–Crippen LogP) is 3.71. The minimum atomic E-state index is -0.801. The third-order valence-corrected chi connectivity index (χ3v) is 10.9. The largest absolute Gasteiger partial charge is 0.394 e. The Balaban J connectivity index is 1.57. The molecule has 208 valence electrons. The van der Waals surface area contributed by atoms with Gasteiger partial charge in [0.05, 0.1) is 29.2 Å². The van der Waals surface area contributed by atoms with Crippen LogP contribution in [-0.4, -0.2) is 63.0 Å². The Kier molecular flexibility index (Phi) is 7.80. The monoisotopic (exact) mass is 549 g/mol. The molecule has 3 aliphatic rings. The van der Waals surface area contributed by atoms with E-state index in [4.69, 9.17) is 0 Å². The summed E-state index contributed by atoms with van der Waals surface area (Å²) in [7, 11) is 0. The van der Waals surface area contributed by atoms with Crippen molar-refractivity contribution in [2.75, 3.05) is 18.5 Å². The molecule has 3 N–H and O–H groups in total. The lowest BCUT2D eigenvalue weighted by atomic mass is 9.66. The van der Waals surface area contributed by atoms with Gasteiger partial charge in [-0.1, -0.05) is 56.3 Å². The van der Waals surface area contributed by atoms with Crippen LogP contribution < -0.4 is 10.6 Å². The van der Waals surface area contributed by atoms with E-state index in [2.05, 4.69) is 17.6 Å². The average Bonchev–Trinajstić information content (AvgIpc) is 3.52. The van der Waals surface area contributed by atoms with Crippen LogP contribution in [0.5, 0.6) is 0 Å². The molecule has 3 amide bonds. The number of nitrogens with zero attached hydrogens (tertiary/aromatic N) is 1. The molecule has 3 saturated heterocycles. The van der Waals surface area contributed by atoms with Gasteiger partial charge < -0.3 is 20.6 Å². The molecule has 8 heteroatoms. The first-order chi connectivity index (χ1) is 18.7. The van der Waals surface area contributed by atoms with Gasteiger partial charge in [0.2, 0.25) is 17.7 Å². The van der Waals surface area contributed by atoms with Gasteiger partial charge in [-0.05, 0) is 61.8 Å². The van der Waals surface area contributed by atoms with Gasteiger partial charge in [-0.3, -0.25) is 14.4 Å². The number of anilines is 1. The van der Waals surface area contributed by atoms with E-state index in [0.29, 0.717) is 13.0 Å². The quantitative estimate of drug-likeness (QED) is 0.443. The van der Waals surface area contributed by atoms with E-state index in [9.17, 15) is 19.5 Å². The maximum absolute atomic E-state index is 14.4. The summed E-state index contributed by atoms with van der Waals surface area (Å²) in [4.78, 5) is 43.8. The highest BCUT2D eigenvalue weighted by Crippen LogP contribution is 2.68. The van der Waals surface area contributed by atoms with Crippen molar-refractivity contribution in [3.8, 4) is 0 Å². The van der Waals surface area contributed by atoms with E-state index in [1.807, 2.05) is 69.3 Å². The number of hydrogen-bond acceptors (Lipinski definition) is 5. The van der Waals surface area contributed by atoms with Gasteiger partial charge in [0.15, 0.2) is 0 Å². The highest BCUT2D eigenvalue weighted by atomic mass is 32.2. The normalized spacial score (nSPS) is 29.8. The van der Waals surface area contributed by atoms with E-state index in [0.717, 1.165) is 35.2 Å². The first kappa shape index (κ1) is 27.7. The number of nitrogens with one attached hydrogen (secondary N) is 2. The van der Waals surface area contributed by atoms with Crippen LogP contribution in [0.1, 0.15) is 43.4 Å². The summed E-state index contributed by atoms with van der Waals surface area (Å²) in [5.41, 5.74) is 3.67. The minimum absolute atomic E-state index is 0.00865. The number of carbonyl (C=O) groups excluding carboxylic acids is 3. The third kappa shape index (κ3) is 4.65. The van der Waals surface area contributed by atoms with Crippen LogP contribution in [0, 0.1) is 31.6 Å². The van der Waals surface area contributed by atoms with Gasteiger partial charge in [-0.15, -0.1) is 11.8 Å². The summed E-state index contributed by atoms with van der Waals surface area (Å²) >= 11 is 1.66. The van der Waals surface area contributed by atoms with Crippen LogP contribution in [0.4, 0.5) is 5.69 Å². The summed E-state index contributed by atoms with van der Waals surface area (Å²) in [6, 6.07) is 14.3. The van der Waals surface area contributed by atoms with E-state index in [1.165, 1.54) is 0 Å². The van der Waals surface area contributed by atoms with Gasteiger partial charge in [0.1, 0.15) is 6.04 Å². The molecule has 1 spiro atoms. The van der Waals surface area contributed by atoms with Gasteiger partial charge >= 0.3 is 0 Å². The summed E-state index contributed by atoms with van der Waals surface area (Å²) < 4.78 is -0.734. The molecule has 0 saturated carbocycles. The lowest BCUT2D eigenvalue weighted by Crippen LogP contribution is -2.57. The molecule has 0 radical (unpaired) electrons. The first-order valence-corrected chi connectivity index (χ1v) is 14.9. The van der Waals surface area contributed by atoms with E-state index in [1.54, 1.807) is 16.7 Å². The number of aliphatic hydroxyl groups excluding tert-OH is 1. The highest BCUT2D eigenvalue weighted by molar-refractivity contribution is 8.02. The van der Waals surface area contributed by atoms with Gasteiger partial charge in [0.25, 0.3) is 0 Å². The molecule has 7 nitrogen and oxygen atoms in total. The standard InChI is InChI=1S/C31H39N3O4S/c1-5-13-32-28(36)25-24-15-20(4)31(39-24)26(25)30(38)34(22(17-35)16-21-9-7-6-8-10-21)27(31)29(37)33-23-14-18(2)11-12-19(23)3/h6-12,14,20,22,24-27,35H,5,13,15-17H2,1-4H3,(H,32,36)(H,33,37)/t20?,22-,24-,25+,26+,27?,31?/m1/s1. The number of likely N-dealkylation sites (tertiary alicyclic amines) is 1. The number of fused-ring (bicyclic) bond motifs is 1. The second-order valence-corrected chi connectivity index (χ2v) is 13.0. The predicted molar refractivity (Wildman–Crippen MR) is 154 cm³/mol. The molecule has 3 fully saturated rings. The maximum atomic E-state index is 14.4. The Hall–Kier alpha value is -2.84. The number of benzene rings is 2.